The molecule has 1 aromatic carbocycles. The molecule has 134 valence electrons. The molecule has 0 saturated heterocycles. The first-order valence-electron chi connectivity index (χ1n) is 8.99. The molecule has 1 heterocycles. The van der Waals surface area contributed by atoms with Gasteiger partial charge in [-0.05, 0) is 68.8 Å². The highest BCUT2D eigenvalue weighted by Gasteiger charge is 2.36. The van der Waals surface area contributed by atoms with Crippen molar-refractivity contribution >= 4 is 28.8 Å². The fourth-order valence-corrected chi connectivity index (χ4v) is 3.91. The maximum atomic E-state index is 12.4. The molecule has 1 unspecified atom stereocenters. The van der Waals surface area contributed by atoms with Gasteiger partial charge in [0.25, 0.3) is 0 Å². The molecule has 3 rings (SSSR count). The molecule has 0 radical (unpaired) electrons. The molecule has 1 fully saturated rings. The zero-order valence-electron chi connectivity index (χ0n) is 15.1. The Hall–Kier alpha value is -2.01. The average Bonchev–Trinajstić information content (AvgIpc) is 3.30. The molecule has 1 saturated carbocycles. The molecular formula is C20H26N2O2S. The summed E-state index contributed by atoms with van der Waals surface area (Å²) in [4.78, 5) is 15.8. The Labute approximate surface area is 153 Å². The van der Waals surface area contributed by atoms with Gasteiger partial charge in [-0.15, -0.1) is 11.3 Å². The Kier molecular flexibility index (Phi) is 5.63. The summed E-state index contributed by atoms with van der Waals surface area (Å²) in [6.45, 7) is 8.24. The summed E-state index contributed by atoms with van der Waals surface area (Å²) < 4.78 is 5.75. The summed E-state index contributed by atoms with van der Waals surface area (Å²) in [5.41, 5.74) is 3.03. The molecule has 1 atom stereocenters. The van der Waals surface area contributed by atoms with Crippen molar-refractivity contribution in [2.45, 2.75) is 39.7 Å². The maximum absolute atomic E-state index is 12.4. The van der Waals surface area contributed by atoms with E-state index in [1.54, 1.807) is 11.3 Å². The van der Waals surface area contributed by atoms with Crippen LogP contribution in [0.2, 0.25) is 0 Å². The van der Waals surface area contributed by atoms with Crippen LogP contribution in [0.5, 0.6) is 0 Å². The van der Waals surface area contributed by atoms with Gasteiger partial charge in [0.1, 0.15) is 6.10 Å². The number of hydrogen-bond donors (Lipinski definition) is 1. The number of amides is 1. The summed E-state index contributed by atoms with van der Waals surface area (Å²) >= 11 is 1.65. The van der Waals surface area contributed by atoms with E-state index in [1.165, 1.54) is 5.69 Å². The molecule has 1 amide bonds. The van der Waals surface area contributed by atoms with Crippen molar-refractivity contribution in [3.63, 3.8) is 0 Å². The second-order valence-electron chi connectivity index (χ2n) is 6.48. The molecule has 0 aliphatic heterocycles. The SMILES string of the molecule is CCN(CC)c1ccc(NC(=O)OC(c2cccs2)C2CC2)c(C)c1. The van der Waals surface area contributed by atoms with E-state index in [0.717, 1.165) is 42.1 Å². The van der Waals surface area contributed by atoms with Crippen LogP contribution in [-0.2, 0) is 4.74 Å². The predicted octanol–water partition coefficient (Wildman–Crippen LogP) is 5.60. The predicted molar refractivity (Wildman–Crippen MR) is 105 cm³/mol. The fourth-order valence-electron chi connectivity index (χ4n) is 3.07. The molecule has 4 nitrogen and oxygen atoms in total. The molecule has 5 heteroatoms. The van der Waals surface area contributed by atoms with E-state index in [2.05, 4.69) is 30.1 Å². The Bertz CT molecular complexity index is 706. The number of carbonyl (C=O) groups is 1. The molecule has 1 aromatic heterocycles. The van der Waals surface area contributed by atoms with Crippen molar-refractivity contribution in [1.82, 2.24) is 0 Å². The molecule has 1 aliphatic carbocycles. The van der Waals surface area contributed by atoms with Crippen molar-refractivity contribution in [2.75, 3.05) is 23.3 Å². The highest BCUT2D eigenvalue weighted by atomic mass is 32.1. The number of aryl methyl sites for hydroxylation is 1. The Balaban J connectivity index is 1.66. The molecule has 25 heavy (non-hydrogen) atoms. The zero-order valence-corrected chi connectivity index (χ0v) is 15.9. The van der Waals surface area contributed by atoms with Gasteiger partial charge >= 0.3 is 6.09 Å². The summed E-state index contributed by atoms with van der Waals surface area (Å²) in [5.74, 6) is 0.468. The summed E-state index contributed by atoms with van der Waals surface area (Å²) in [6, 6.07) is 10.2. The maximum Gasteiger partial charge on any atom is 0.412 e. The summed E-state index contributed by atoms with van der Waals surface area (Å²) in [7, 11) is 0. The second kappa shape index (κ2) is 7.91. The lowest BCUT2D eigenvalue weighted by Gasteiger charge is -2.22. The molecule has 0 spiro atoms. The third kappa shape index (κ3) is 4.34. The van der Waals surface area contributed by atoms with Gasteiger partial charge in [0.2, 0.25) is 0 Å². The van der Waals surface area contributed by atoms with Crippen molar-refractivity contribution in [2.24, 2.45) is 5.92 Å². The van der Waals surface area contributed by atoms with E-state index in [0.29, 0.717) is 5.92 Å². The Morgan fingerprint density at radius 1 is 1.32 bits per heavy atom. The number of thiophene rings is 1. The molecule has 1 N–H and O–H groups in total. The number of nitrogens with one attached hydrogen (secondary N) is 1. The molecular weight excluding hydrogens is 332 g/mol. The van der Waals surface area contributed by atoms with Gasteiger partial charge in [0.15, 0.2) is 0 Å². The van der Waals surface area contributed by atoms with Crippen LogP contribution in [0, 0.1) is 12.8 Å². The molecule has 0 bridgehead atoms. The van der Waals surface area contributed by atoms with Gasteiger partial charge < -0.3 is 9.64 Å². The quantitative estimate of drug-likeness (QED) is 0.700. The van der Waals surface area contributed by atoms with Gasteiger partial charge in [-0.2, -0.15) is 0 Å². The van der Waals surface area contributed by atoms with Crippen LogP contribution >= 0.6 is 11.3 Å². The van der Waals surface area contributed by atoms with Crippen LogP contribution in [0.4, 0.5) is 16.2 Å². The number of ether oxygens (including phenoxy) is 1. The Morgan fingerprint density at radius 3 is 2.64 bits per heavy atom. The van der Waals surface area contributed by atoms with E-state index in [-0.39, 0.29) is 12.2 Å². The average molecular weight is 359 g/mol. The smallest absolute Gasteiger partial charge is 0.412 e. The van der Waals surface area contributed by atoms with Crippen molar-refractivity contribution < 1.29 is 9.53 Å². The topological polar surface area (TPSA) is 41.6 Å². The lowest BCUT2D eigenvalue weighted by atomic mass is 10.1. The number of anilines is 2. The first-order chi connectivity index (χ1) is 12.1. The van der Waals surface area contributed by atoms with Crippen LogP contribution in [0.25, 0.3) is 0 Å². The normalized spacial score (nSPS) is 14.8. The van der Waals surface area contributed by atoms with E-state index in [4.69, 9.17) is 4.74 Å². The minimum atomic E-state index is -0.371. The highest BCUT2D eigenvalue weighted by Crippen LogP contribution is 2.44. The minimum absolute atomic E-state index is 0.116. The monoisotopic (exact) mass is 358 g/mol. The third-order valence-corrected chi connectivity index (χ3v) is 5.62. The van der Waals surface area contributed by atoms with Crippen molar-refractivity contribution in [1.29, 1.82) is 0 Å². The Morgan fingerprint density at radius 2 is 2.08 bits per heavy atom. The molecule has 1 aliphatic rings. The first-order valence-corrected chi connectivity index (χ1v) is 9.87. The van der Waals surface area contributed by atoms with Gasteiger partial charge in [0.05, 0.1) is 0 Å². The van der Waals surface area contributed by atoms with Crippen molar-refractivity contribution in [3.8, 4) is 0 Å². The number of nitrogens with zero attached hydrogens (tertiary/aromatic N) is 1. The standard InChI is InChI=1S/C20H26N2O2S/c1-4-22(5-2)16-10-11-17(14(3)13-16)21-20(23)24-19(15-8-9-15)18-7-6-12-25-18/h6-7,10-13,15,19H,4-5,8-9H2,1-3H3,(H,21,23). The highest BCUT2D eigenvalue weighted by molar-refractivity contribution is 7.10. The first kappa shape index (κ1) is 17.8. The number of benzene rings is 1. The zero-order chi connectivity index (χ0) is 17.8. The van der Waals surface area contributed by atoms with Crippen LogP contribution in [0.15, 0.2) is 35.7 Å². The summed E-state index contributed by atoms with van der Waals surface area (Å²) in [6.07, 6.45) is 1.78. The molecule has 2 aromatic rings. The fraction of sp³-hybridized carbons (Fsp3) is 0.450. The number of carbonyl (C=O) groups excluding carboxylic acids is 1. The van der Waals surface area contributed by atoms with Crippen molar-refractivity contribution in [3.05, 3.63) is 46.2 Å². The van der Waals surface area contributed by atoms with E-state index in [1.807, 2.05) is 36.6 Å². The van der Waals surface area contributed by atoms with Gasteiger partial charge in [-0.25, -0.2) is 4.79 Å². The van der Waals surface area contributed by atoms with Gasteiger partial charge in [-0.1, -0.05) is 6.07 Å². The van der Waals surface area contributed by atoms with Gasteiger partial charge in [-0.3, -0.25) is 5.32 Å². The van der Waals surface area contributed by atoms with Crippen LogP contribution in [0.1, 0.15) is 43.2 Å². The summed E-state index contributed by atoms with van der Waals surface area (Å²) in [5, 5.41) is 4.94. The second-order valence-corrected chi connectivity index (χ2v) is 7.45. The van der Waals surface area contributed by atoms with Crippen LogP contribution < -0.4 is 10.2 Å². The number of rotatable bonds is 7. The minimum Gasteiger partial charge on any atom is -0.440 e. The van der Waals surface area contributed by atoms with E-state index >= 15 is 0 Å². The lowest BCUT2D eigenvalue weighted by molar-refractivity contribution is 0.0996. The van der Waals surface area contributed by atoms with E-state index in [9.17, 15) is 4.79 Å². The van der Waals surface area contributed by atoms with E-state index < -0.39 is 0 Å². The van der Waals surface area contributed by atoms with Gasteiger partial charge in [0, 0.05) is 35.3 Å². The van der Waals surface area contributed by atoms with Crippen LogP contribution in [-0.4, -0.2) is 19.2 Å². The number of hydrogen-bond acceptors (Lipinski definition) is 4. The third-order valence-electron chi connectivity index (χ3n) is 4.68. The van der Waals surface area contributed by atoms with Crippen LogP contribution in [0.3, 0.4) is 0 Å². The largest absolute Gasteiger partial charge is 0.440 e. The lowest BCUT2D eigenvalue weighted by Crippen LogP contribution is -2.22.